The van der Waals surface area contributed by atoms with E-state index in [1.165, 1.54) is 0 Å². The zero-order chi connectivity index (χ0) is 10.1. The number of hydrazine groups is 1. The van der Waals surface area contributed by atoms with Crippen LogP contribution in [0.25, 0.3) is 0 Å². The second-order valence-electron chi connectivity index (χ2n) is 3.04. The van der Waals surface area contributed by atoms with Gasteiger partial charge < -0.3 is 10.2 Å². The zero-order valence-corrected chi connectivity index (χ0v) is 8.07. The number of anilines is 1. The maximum atomic E-state index is 11.4. The number of esters is 1. The molecule has 6 nitrogen and oxygen atoms in total. The summed E-state index contributed by atoms with van der Waals surface area (Å²) in [5.41, 5.74) is 6.51. The van der Waals surface area contributed by atoms with Gasteiger partial charge in [0.15, 0.2) is 0 Å². The van der Waals surface area contributed by atoms with Crippen molar-refractivity contribution >= 4 is 11.8 Å². The van der Waals surface area contributed by atoms with Crippen molar-refractivity contribution in [3.8, 4) is 0 Å². The van der Waals surface area contributed by atoms with Gasteiger partial charge >= 0.3 is 5.97 Å². The van der Waals surface area contributed by atoms with Crippen molar-refractivity contribution in [3.63, 3.8) is 0 Å². The molecule has 0 aromatic carbocycles. The number of fused-ring (bicyclic) bond motifs is 1. The molecule has 1 unspecified atom stereocenters. The molecular weight excluding hydrogens is 184 g/mol. The number of carbonyl (C=O) groups excluding carboxylic acids is 1. The Hall–Kier alpha value is -1.56. The van der Waals surface area contributed by atoms with E-state index in [1.807, 2.05) is 13.0 Å². The van der Waals surface area contributed by atoms with Crippen molar-refractivity contribution in [3.05, 3.63) is 11.8 Å². The van der Waals surface area contributed by atoms with Gasteiger partial charge in [0, 0.05) is 6.07 Å². The standard InChI is InChI=1S/C8H12N4O2/c1-3-14-8(13)7-10-9-6-4-5(2)11-12(6)7/h4,7,9-10H,3H2,1-2H3. The van der Waals surface area contributed by atoms with Crippen molar-refractivity contribution in [1.82, 2.24) is 15.2 Å². The molecule has 1 aliphatic heterocycles. The van der Waals surface area contributed by atoms with Gasteiger partial charge in [-0.2, -0.15) is 5.10 Å². The summed E-state index contributed by atoms with van der Waals surface area (Å²) < 4.78 is 6.47. The molecule has 0 saturated heterocycles. The predicted octanol–water partition coefficient (Wildman–Crippen LogP) is 0.183. The third kappa shape index (κ3) is 1.33. The summed E-state index contributed by atoms with van der Waals surface area (Å²) in [5.74, 6) is 0.447. The number of hydrogen-bond donors (Lipinski definition) is 2. The van der Waals surface area contributed by atoms with Gasteiger partial charge in [-0.1, -0.05) is 0 Å². The first kappa shape index (κ1) is 9.01. The van der Waals surface area contributed by atoms with E-state index in [0.29, 0.717) is 6.61 Å². The Kier molecular flexibility index (Phi) is 2.12. The lowest BCUT2D eigenvalue weighted by Crippen LogP contribution is -2.31. The lowest BCUT2D eigenvalue weighted by atomic mass is 10.5. The van der Waals surface area contributed by atoms with Crippen LogP contribution in [0.1, 0.15) is 18.8 Å². The molecule has 6 heteroatoms. The first-order valence-corrected chi connectivity index (χ1v) is 4.46. The molecule has 14 heavy (non-hydrogen) atoms. The average molecular weight is 196 g/mol. The summed E-state index contributed by atoms with van der Waals surface area (Å²) in [6, 6.07) is 1.85. The van der Waals surface area contributed by atoms with Gasteiger partial charge in [0.2, 0.25) is 6.17 Å². The van der Waals surface area contributed by atoms with E-state index in [9.17, 15) is 4.79 Å². The van der Waals surface area contributed by atoms with Gasteiger partial charge in [0.25, 0.3) is 0 Å². The van der Waals surface area contributed by atoms with Gasteiger partial charge in [0.05, 0.1) is 12.3 Å². The third-order valence-corrected chi connectivity index (χ3v) is 1.95. The van der Waals surface area contributed by atoms with Gasteiger partial charge in [0.1, 0.15) is 5.82 Å². The normalized spacial score (nSPS) is 18.9. The zero-order valence-electron chi connectivity index (χ0n) is 8.07. The van der Waals surface area contributed by atoms with E-state index in [1.54, 1.807) is 11.6 Å². The molecule has 1 aromatic heterocycles. The number of nitrogens with one attached hydrogen (secondary N) is 2. The van der Waals surface area contributed by atoms with Gasteiger partial charge in [-0.15, -0.1) is 0 Å². The summed E-state index contributed by atoms with van der Waals surface area (Å²) in [7, 11) is 0. The molecule has 2 N–H and O–H groups in total. The molecule has 0 amide bonds. The average Bonchev–Trinajstić information content (AvgIpc) is 2.62. The second-order valence-corrected chi connectivity index (χ2v) is 3.04. The van der Waals surface area contributed by atoms with Gasteiger partial charge in [-0.05, 0) is 13.8 Å². The van der Waals surface area contributed by atoms with Crippen LogP contribution in [-0.2, 0) is 9.53 Å². The van der Waals surface area contributed by atoms with Crippen LogP contribution in [0.2, 0.25) is 0 Å². The van der Waals surface area contributed by atoms with E-state index in [-0.39, 0.29) is 5.97 Å². The number of rotatable bonds is 2. The number of aromatic nitrogens is 2. The molecular formula is C8H12N4O2. The van der Waals surface area contributed by atoms with Crippen LogP contribution in [0.5, 0.6) is 0 Å². The fourth-order valence-corrected chi connectivity index (χ4v) is 1.39. The molecule has 0 aliphatic carbocycles. The predicted molar refractivity (Wildman–Crippen MR) is 49.4 cm³/mol. The number of nitrogens with zero attached hydrogens (tertiary/aromatic N) is 2. The summed E-state index contributed by atoms with van der Waals surface area (Å²) >= 11 is 0. The number of hydrogen-bond acceptors (Lipinski definition) is 5. The van der Waals surface area contributed by atoms with Crippen LogP contribution in [-0.4, -0.2) is 22.4 Å². The number of carbonyl (C=O) groups is 1. The largest absolute Gasteiger partial charge is 0.463 e. The lowest BCUT2D eigenvalue weighted by molar-refractivity contribution is -0.147. The van der Waals surface area contributed by atoms with E-state index < -0.39 is 6.17 Å². The smallest absolute Gasteiger partial charge is 0.347 e. The number of ether oxygens (including phenoxy) is 1. The first-order chi connectivity index (χ1) is 6.72. The third-order valence-electron chi connectivity index (χ3n) is 1.95. The fraction of sp³-hybridized carbons (Fsp3) is 0.500. The van der Waals surface area contributed by atoms with Crippen LogP contribution in [0, 0.1) is 6.92 Å². The van der Waals surface area contributed by atoms with Crippen molar-refractivity contribution in [2.75, 3.05) is 12.0 Å². The molecule has 1 aliphatic rings. The fourth-order valence-electron chi connectivity index (χ4n) is 1.39. The minimum atomic E-state index is -0.557. The minimum Gasteiger partial charge on any atom is -0.463 e. The highest BCUT2D eigenvalue weighted by Gasteiger charge is 2.29. The molecule has 0 bridgehead atoms. The Morgan fingerprint density at radius 3 is 3.29 bits per heavy atom. The Balaban J connectivity index is 2.20. The van der Waals surface area contributed by atoms with Gasteiger partial charge in [-0.3, -0.25) is 0 Å². The van der Waals surface area contributed by atoms with E-state index in [2.05, 4.69) is 16.0 Å². The molecule has 1 atom stereocenters. The van der Waals surface area contributed by atoms with Crippen LogP contribution >= 0.6 is 0 Å². The van der Waals surface area contributed by atoms with Crippen LogP contribution in [0.15, 0.2) is 6.07 Å². The quantitative estimate of drug-likeness (QED) is 0.660. The van der Waals surface area contributed by atoms with E-state index in [0.717, 1.165) is 11.5 Å². The molecule has 2 rings (SSSR count). The Morgan fingerprint density at radius 1 is 1.79 bits per heavy atom. The summed E-state index contributed by atoms with van der Waals surface area (Å²) in [6.07, 6.45) is -0.557. The highest BCUT2D eigenvalue weighted by atomic mass is 16.5. The van der Waals surface area contributed by atoms with Crippen molar-refractivity contribution < 1.29 is 9.53 Å². The molecule has 0 spiro atoms. The van der Waals surface area contributed by atoms with Crippen molar-refractivity contribution in [2.45, 2.75) is 20.0 Å². The monoisotopic (exact) mass is 196 g/mol. The first-order valence-electron chi connectivity index (χ1n) is 4.46. The number of aryl methyl sites for hydroxylation is 1. The highest BCUT2D eigenvalue weighted by molar-refractivity contribution is 5.75. The second kappa shape index (κ2) is 3.30. The van der Waals surface area contributed by atoms with Crippen molar-refractivity contribution in [2.24, 2.45) is 0 Å². The summed E-state index contributed by atoms with van der Waals surface area (Å²) in [6.45, 7) is 4.01. The van der Waals surface area contributed by atoms with E-state index in [4.69, 9.17) is 4.74 Å². The van der Waals surface area contributed by atoms with Crippen LogP contribution < -0.4 is 10.9 Å². The lowest BCUT2D eigenvalue weighted by Gasteiger charge is -2.09. The maximum absolute atomic E-state index is 11.4. The van der Waals surface area contributed by atoms with E-state index >= 15 is 0 Å². The van der Waals surface area contributed by atoms with Gasteiger partial charge in [-0.25, -0.2) is 14.9 Å². The SMILES string of the molecule is CCOC(=O)C1NNc2cc(C)nn21. The molecule has 0 radical (unpaired) electrons. The molecule has 1 aromatic rings. The van der Waals surface area contributed by atoms with Crippen LogP contribution in [0.3, 0.4) is 0 Å². The minimum absolute atomic E-state index is 0.332. The molecule has 2 heterocycles. The molecule has 0 saturated carbocycles. The van der Waals surface area contributed by atoms with Crippen LogP contribution in [0.4, 0.5) is 5.82 Å². The van der Waals surface area contributed by atoms with Crippen molar-refractivity contribution in [1.29, 1.82) is 0 Å². The Bertz CT molecular complexity index is 360. The Morgan fingerprint density at radius 2 is 2.57 bits per heavy atom. The summed E-state index contributed by atoms with van der Waals surface area (Å²) in [5, 5.41) is 4.17. The highest BCUT2D eigenvalue weighted by Crippen LogP contribution is 2.20. The Labute approximate surface area is 81.2 Å². The topological polar surface area (TPSA) is 68.2 Å². The summed E-state index contributed by atoms with van der Waals surface area (Å²) in [4.78, 5) is 11.4. The maximum Gasteiger partial charge on any atom is 0.347 e. The molecule has 76 valence electrons. The molecule has 0 fully saturated rings.